The van der Waals surface area contributed by atoms with Crippen LogP contribution in [0.25, 0.3) is 10.2 Å². The maximum Gasteiger partial charge on any atom is 0.416 e. The number of nitrogens with zero attached hydrogens (tertiary/aromatic N) is 2. The molecule has 2 aromatic heterocycles. The van der Waals surface area contributed by atoms with Gasteiger partial charge in [0.05, 0.1) is 48.4 Å². The number of alkyl halides is 3. The third kappa shape index (κ3) is 6.45. The van der Waals surface area contributed by atoms with Crippen molar-refractivity contribution in [2.24, 2.45) is 0 Å². The van der Waals surface area contributed by atoms with Gasteiger partial charge in [0.25, 0.3) is 11.8 Å². The van der Waals surface area contributed by atoms with Crippen molar-refractivity contribution in [2.45, 2.75) is 13.1 Å². The lowest BCUT2D eigenvalue weighted by atomic mass is 10.1. The Hall–Kier alpha value is -5.37. The first-order chi connectivity index (χ1) is 21.5. The molecule has 0 aliphatic heterocycles. The van der Waals surface area contributed by atoms with Crippen molar-refractivity contribution in [3.63, 3.8) is 0 Å². The number of methoxy groups -OCH3 is 3. The maximum absolute atomic E-state index is 13.4. The first kappa shape index (κ1) is 31.1. The summed E-state index contributed by atoms with van der Waals surface area (Å²) in [5.74, 6) is 0.579. The monoisotopic (exact) mass is 637 g/mol. The zero-order valence-electron chi connectivity index (χ0n) is 24.3. The zero-order chi connectivity index (χ0) is 32.3. The standard InChI is InChI=1S/C31H26F3N5O5S/c1-16-8-9-17(29(40)37-19-7-5-6-18(13-19)31(32,33)34)12-22(16)39-30(41)20-14-45-27-24(20)35-15-36-28(27)38-21-10-11-23(42-2)26(44-4)25(21)43-3/h5-15H,1-4H3,(H,37,40)(H,39,41)(H,35,36,38). The minimum Gasteiger partial charge on any atom is -0.493 e. The molecule has 2 heterocycles. The molecule has 10 nitrogen and oxygen atoms in total. The van der Waals surface area contributed by atoms with Gasteiger partial charge in [0.1, 0.15) is 6.33 Å². The van der Waals surface area contributed by atoms with Gasteiger partial charge in [-0.2, -0.15) is 13.2 Å². The fourth-order valence-corrected chi connectivity index (χ4v) is 5.44. The van der Waals surface area contributed by atoms with Crippen molar-refractivity contribution in [1.29, 1.82) is 0 Å². The number of halogens is 3. The SMILES string of the molecule is COc1ccc(Nc2ncnc3c(C(=O)Nc4cc(C(=O)Nc5cccc(C(F)(F)F)c5)ccc4C)csc23)c(OC)c1OC. The summed E-state index contributed by atoms with van der Waals surface area (Å²) in [5.41, 5.74) is 1.47. The minimum atomic E-state index is -4.55. The molecule has 2 amide bonds. The van der Waals surface area contributed by atoms with Gasteiger partial charge in [0.2, 0.25) is 5.75 Å². The molecule has 45 heavy (non-hydrogen) atoms. The van der Waals surface area contributed by atoms with E-state index in [1.54, 1.807) is 30.5 Å². The lowest BCUT2D eigenvalue weighted by Gasteiger charge is -2.16. The fraction of sp³-hybridized carbons (Fsp3) is 0.161. The van der Waals surface area contributed by atoms with Crippen molar-refractivity contribution in [3.05, 3.63) is 88.6 Å². The molecular weight excluding hydrogens is 611 g/mol. The van der Waals surface area contributed by atoms with E-state index >= 15 is 0 Å². The van der Waals surface area contributed by atoms with E-state index in [0.29, 0.717) is 50.2 Å². The Balaban J connectivity index is 1.38. The summed E-state index contributed by atoms with van der Waals surface area (Å²) in [6.45, 7) is 1.75. The largest absolute Gasteiger partial charge is 0.493 e. The molecule has 0 aliphatic carbocycles. The highest BCUT2D eigenvalue weighted by Gasteiger charge is 2.30. The average Bonchev–Trinajstić information content (AvgIpc) is 3.47. The number of nitrogens with one attached hydrogen (secondary N) is 3. The predicted molar refractivity (Wildman–Crippen MR) is 165 cm³/mol. The minimum absolute atomic E-state index is 0.0134. The van der Waals surface area contributed by atoms with Crippen LogP contribution in [0.15, 0.2) is 66.3 Å². The molecule has 232 valence electrons. The topological polar surface area (TPSA) is 124 Å². The third-order valence-electron chi connectivity index (χ3n) is 6.75. The maximum atomic E-state index is 13.4. The van der Waals surface area contributed by atoms with E-state index in [2.05, 4.69) is 25.9 Å². The van der Waals surface area contributed by atoms with Crippen molar-refractivity contribution < 1.29 is 37.0 Å². The number of benzene rings is 3. The molecule has 3 aromatic carbocycles. The number of hydrogen-bond acceptors (Lipinski definition) is 9. The van der Waals surface area contributed by atoms with Crippen molar-refractivity contribution >= 4 is 56.2 Å². The van der Waals surface area contributed by atoms with E-state index in [1.807, 2.05) is 0 Å². The van der Waals surface area contributed by atoms with Crippen molar-refractivity contribution in [1.82, 2.24) is 9.97 Å². The number of anilines is 4. The second-order valence-electron chi connectivity index (χ2n) is 9.57. The molecule has 5 aromatic rings. The van der Waals surface area contributed by atoms with Crippen LogP contribution in [0, 0.1) is 6.92 Å². The van der Waals surface area contributed by atoms with Crippen LogP contribution in [0.4, 0.5) is 36.1 Å². The van der Waals surface area contributed by atoms with Crippen LogP contribution >= 0.6 is 11.3 Å². The predicted octanol–water partition coefficient (Wildman–Crippen LogP) is 7.29. The number of fused-ring (bicyclic) bond motifs is 1. The quantitative estimate of drug-likeness (QED) is 0.154. The Morgan fingerprint density at radius 2 is 1.62 bits per heavy atom. The average molecular weight is 638 g/mol. The summed E-state index contributed by atoms with van der Waals surface area (Å²) in [7, 11) is 4.51. The summed E-state index contributed by atoms with van der Waals surface area (Å²) in [6, 6.07) is 12.4. The number of aryl methyl sites for hydroxylation is 1. The van der Waals surface area contributed by atoms with E-state index in [0.717, 1.165) is 12.1 Å². The Morgan fingerprint density at radius 3 is 2.33 bits per heavy atom. The Labute approximate surface area is 259 Å². The Morgan fingerprint density at radius 1 is 0.844 bits per heavy atom. The molecule has 0 unspecified atom stereocenters. The molecule has 0 saturated heterocycles. The molecule has 0 fully saturated rings. The second-order valence-corrected chi connectivity index (χ2v) is 10.5. The number of amides is 2. The molecule has 0 radical (unpaired) electrons. The van der Waals surface area contributed by atoms with Gasteiger partial charge < -0.3 is 30.2 Å². The Kier molecular flexibility index (Phi) is 8.77. The molecule has 3 N–H and O–H groups in total. The number of thiophene rings is 1. The van der Waals surface area contributed by atoms with Gasteiger partial charge in [-0.3, -0.25) is 9.59 Å². The fourth-order valence-electron chi connectivity index (χ4n) is 4.49. The highest BCUT2D eigenvalue weighted by atomic mass is 32.1. The highest BCUT2D eigenvalue weighted by Crippen LogP contribution is 2.44. The number of carbonyl (C=O) groups is 2. The number of hydrogen-bond donors (Lipinski definition) is 3. The normalized spacial score (nSPS) is 11.2. The zero-order valence-corrected chi connectivity index (χ0v) is 25.1. The Bertz CT molecular complexity index is 1910. The van der Waals surface area contributed by atoms with Gasteiger partial charge in [-0.25, -0.2) is 9.97 Å². The number of carbonyl (C=O) groups excluding carboxylic acids is 2. The summed E-state index contributed by atoms with van der Waals surface area (Å²) in [6.07, 6.45) is -3.23. The van der Waals surface area contributed by atoms with E-state index in [9.17, 15) is 22.8 Å². The number of aromatic nitrogens is 2. The van der Waals surface area contributed by atoms with E-state index < -0.39 is 23.6 Å². The van der Waals surface area contributed by atoms with Gasteiger partial charge in [-0.1, -0.05) is 12.1 Å². The number of ether oxygens (including phenoxy) is 3. The van der Waals surface area contributed by atoms with Gasteiger partial charge in [-0.15, -0.1) is 11.3 Å². The van der Waals surface area contributed by atoms with E-state index in [1.165, 1.54) is 63.3 Å². The first-order valence-corrected chi connectivity index (χ1v) is 14.1. The van der Waals surface area contributed by atoms with Crippen molar-refractivity contribution in [2.75, 3.05) is 37.3 Å². The third-order valence-corrected chi connectivity index (χ3v) is 7.73. The smallest absolute Gasteiger partial charge is 0.416 e. The number of rotatable bonds is 9. The van der Waals surface area contributed by atoms with E-state index in [4.69, 9.17) is 14.2 Å². The first-order valence-electron chi connectivity index (χ1n) is 13.2. The van der Waals surface area contributed by atoms with Gasteiger partial charge in [0.15, 0.2) is 17.3 Å². The molecule has 0 aliphatic rings. The van der Waals surface area contributed by atoms with Crippen LogP contribution in [-0.2, 0) is 6.18 Å². The van der Waals surface area contributed by atoms with Crippen LogP contribution in [0.3, 0.4) is 0 Å². The molecule has 0 atom stereocenters. The molecule has 0 saturated carbocycles. The molecule has 14 heteroatoms. The van der Waals surface area contributed by atoms with Gasteiger partial charge in [0, 0.05) is 22.3 Å². The summed E-state index contributed by atoms with van der Waals surface area (Å²) in [5, 5.41) is 10.1. The summed E-state index contributed by atoms with van der Waals surface area (Å²) < 4.78 is 56.2. The summed E-state index contributed by atoms with van der Waals surface area (Å²) in [4.78, 5) is 35.0. The lowest BCUT2D eigenvalue weighted by Crippen LogP contribution is -2.16. The van der Waals surface area contributed by atoms with Crippen LogP contribution in [0.2, 0.25) is 0 Å². The van der Waals surface area contributed by atoms with Gasteiger partial charge >= 0.3 is 6.18 Å². The highest BCUT2D eigenvalue weighted by molar-refractivity contribution is 7.18. The molecule has 0 bridgehead atoms. The van der Waals surface area contributed by atoms with Crippen LogP contribution in [0.5, 0.6) is 17.2 Å². The van der Waals surface area contributed by atoms with Crippen LogP contribution in [-0.4, -0.2) is 43.1 Å². The molecular formula is C31H26F3N5O5S. The summed E-state index contributed by atoms with van der Waals surface area (Å²) >= 11 is 1.26. The van der Waals surface area contributed by atoms with Crippen LogP contribution < -0.4 is 30.2 Å². The second kappa shape index (κ2) is 12.7. The van der Waals surface area contributed by atoms with Crippen molar-refractivity contribution in [3.8, 4) is 17.2 Å². The van der Waals surface area contributed by atoms with Crippen LogP contribution in [0.1, 0.15) is 31.8 Å². The van der Waals surface area contributed by atoms with E-state index in [-0.39, 0.29) is 16.8 Å². The molecule has 0 spiro atoms. The van der Waals surface area contributed by atoms with Gasteiger partial charge in [-0.05, 0) is 55.0 Å². The lowest BCUT2D eigenvalue weighted by molar-refractivity contribution is -0.137. The molecule has 5 rings (SSSR count).